The maximum atomic E-state index is 9.50. The van der Waals surface area contributed by atoms with Gasteiger partial charge in [-0.3, -0.25) is 0 Å². The fourth-order valence-electron chi connectivity index (χ4n) is 0.966. The Balaban J connectivity index is 3.09. The number of nitrogens with one attached hydrogen (secondary N) is 1. The van der Waals surface area contributed by atoms with Crippen LogP contribution in [-0.2, 0) is 6.54 Å². The van der Waals surface area contributed by atoms with Gasteiger partial charge in [0.25, 0.3) is 0 Å². The number of hydrogen-bond donors (Lipinski definition) is 3. The van der Waals surface area contributed by atoms with Gasteiger partial charge in [-0.1, -0.05) is 0 Å². The minimum atomic E-state index is 0.0994. The Morgan fingerprint density at radius 3 is 2.77 bits per heavy atom. The molecule has 72 valence electrons. The largest absolute Gasteiger partial charge is 0.506 e. The van der Waals surface area contributed by atoms with Crippen LogP contribution in [0.2, 0.25) is 0 Å². The van der Waals surface area contributed by atoms with Gasteiger partial charge in [0.05, 0.1) is 11.6 Å². The average molecular weight is 248 g/mol. The van der Waals surface area contributed by atoms with Crippen molar-refractivity contribution in [2.24, 2.45) is 0 Å². The van der Waals surface area contributed by atoms with E-state index in [1.54, 1.807) is 12.1 Å². The molecule has 5 heteroatoms. The van der Waals surface area contributed by atoms with Crippen molar-refractivity contribution in [1.82, 2.24) is 5.48 Å². The summed E-state index contributed by atoms with van der Waals surface area (Å²) in [6.07, 6.45) is 0. The topological polar surface area (TPSA) is 61.7 Å². The summed E-state index contributed by atoms with van der Waals surface area (Å²) in [5.41, 5.74) is 2.53. The zero-order valence-corrected chi connectivity index (χ0v) is 8.63. The van der Waals surface area contributed by atoms with Crippen LogP contribution in [0.3, 0.4) is 0 Å². The second-order valence-corrected chi connectivity index (χ2v) is 3.31. The quantitative estimate of drug-likeness (QED) is 0.711. The molecule has 3 N–H and O–H groups in total. The van der Waals surface area contributed by atoms with Gasteiger partial charge in [0.15, 0.2) is 0 Å². The van der Waals surface area contributed by atoms with Crippen LogP contribution in [0.4, 0.5) is 0 Å². The van der Waals surface area contributed by atoms with Gasteiger partial charge in [-0.15, -0.1) is 0 Å². The van der Waals surface area contributed by atoms with Crippen molar-refractivity contribution in [3.63, 3.8) is 0 Å². The lowest BCUT2D eigenvalue weighted by molar-refractivity contribution is 0.160. The van der Waals surface area contributed by atoms with Gasteiger partial charge in [-0.2, -0.15) is 0 Å². The predicted molar refractivity (Wildman–Crippen MR) is 51.0 cm³/mol. The standard InChI is InChI=1S/C8H10BrNO3/c1-13-6-2-5(4-10-12)8(11)7(9)3-6/h2-3,10-12H,4H2,1H3. The third kappa shape index (κ3) is 2.33. The summed E-state index contributed by atoms with van der Waals surface area (Å²) in [4.78, 5) is 0. The van der Waals surface area contributed by atoms with Crippen molar-refractivity contribution in [2.45, 2.75) is 6.54 Å². The molecule has 1 aromatic rings. The summed E-state index contributed by atoms with van der Waals surface area (Å²) in [7, 11) is 1.54. The first-order chi connectivity index (χ1) is 6.19. The average Bonchev–Trinajstić information content (AvgIpc) is 2.13. The van der Waals surface area contributed by atoms with Crippen LogP contribution < -0.4 is 10.2 Å². The number of hydrogen-bond acceptors (Lipinski definition) is 4. The van der Waals surface area contributed by atoms with Crippen molar-refractivity contribution in [3.8, 4) is 11.5 Å². The van der Waals surface area contributed by atoms with Crippen molar-refractivity contribution >= 4 is 15.9 Å². The van der Waals surface area contributed by atoms with Crippen LogP contribution in [0.5, 0.6) is 11.5 Å². The van der Waals surface area contributed by atoms with Crippen LogP contribution >= 0.6 is 15.9 Å². The molecule has 0 spiro atoms. The number of phenolic OH excluding ortho intramolecular Hbond substituents is 1. The summed E-state index contributed by atoms with van der Waals surface area (Å²) >= 11 is 3.17. The van der Waals surface area contributed by atoms with Gasteiger partial charge < -0.3 is 15.1 Å². The lowest BCUT2D eigenvalue weighted by Gasteiger charge is -2.08. The van der Waals surface area contributed by atoms with E-state index in [2.05, 4.69) is 15.9 Å². The molecule has 1 rings (SSSR count). The number of hydroxylamine groups is 1. The number of ether oxygens (including phenoxy) is 1. The molecule has 13 heavy (non-hydrogen) atoms. The number of halogens is 1. The van der Waals surface area contributed by atoms with Crippen LogP contribution in [0.15, 0.2) is 16.6 Å². The molecule has 0 heterocycles. The molecule has 0 unspecified atom stereocenters. The van der Waals surface area contributed by atoms with Crippen LogP contribution in [-0.4, -0.2) is 17.4 Å². The summed E-state index contributed by atoms with van der Waals surface area (Å²) < 4.78 is 5.53. The molecule has 1 aromatic carbocycles. The highest BCUT2D eigenvalue weighted by molar-refractivity contribution is 9.10. The van der Waals surface area contributed by atoms with E-state index in [4.69, 9.17) is 9.94 Å². The summed E-state index contributed by atoms with van der Waals surface area (Å²) in [5.74, 6) is 0.720. The van der Waals surface area contributed by atoms with E-state index in [-0.39, 0.29) is 12.3 Å². The molecule has 0 bridgehead atoms. The zero-order valence-electron chi connectivity index (χ0n) is 7.04. The molecule has 0 amide bonds. The highest BCUT2D eigenvalue weighted by Crippen LogP contribution is 2.32. The van der Waals surface area contributed by atoms with E-state index in [9.17, 15) is 5.11 Å². The molecule has 0 fully saturated rings. The minimum absolute atomic E-state index is 0.0994. The van der Waals surface area contributed by atoms with Crippen LogP contribution in [0, 0.1) is 0 Å². The lowest BCUT2D eigenvalue weighted by Crippen LogP contribution is -2.06. The molecule has 0 aromatic heterocycles. The van der Waals surface area contributed by atoms with Crippen LogP contribution in [0.25, 0.3) is 0 Å². The number of aromatic hydroxyl groups is 1. The Labute approximate surface area is 84.2 Å². The van der Waals surface area contributed by atoms with E-state index in [1.807, 2.05) is 5.48 Å². The van der Waals surface area contributed by atoms with E-state index in [0.717, 1.165) is 0 Å². The summed E-state index contributed by atoms with van der Waals surface area (Å²) in [6, 6.07) is 3.29. The highest BCUT2D eigenvalue weighted by Gasteiger charge is 2.07. The number of benzene rings is 1. The van der Waals surface area contributed by atoms with E-state index >= 15 is 0 Å². The number of methoxy groups -OCH3 is 1. The second-order valence-electron chi connectivity index (χ2n) is 2.45. The smallest absolute Gasteiger partial charge is 0.134 e. The van der Waals surface area contributed by atoms with Crippen molar-refractivity contribution in [1.29, 1.82) is 0 Å². The molecule has 0 radical (unpaired) electrons. The Bertz CT molecular complexity index is 304. The molecule has 0 aliphatic rings. The van der Waals surface area contributed by atoms with E-state index in [1.165, 1.54) is 7.11 Å². The fourth-order valence-corrected chi connectivity index (χ4v) is 1.45. The molecule has 0 atom stereocenters. The Morgan fingerprint density at radius 2 is 2.23 bits per heavy atom. The van der Waals surface area contributed by atoms with Gasteiger partial charge in [0, 0.05) is 12.1 Å². The summed E-state index contributed by atoms with van der Waals surface area (Å²) in [6.45, 7) is 0.168. The molecule has 0 saturated heterocycles. The first kappa shape index (κ1) is 10.3. The zero-order chi connectivity index (χ0) is 9.84. The first-order valence-electron chi connectivity index (χ1n) is 3.61. The van der Waals surface area contributed by atoms with Crippen molar-refractivity contribution in [3.05, 3.63) is 22.2 Å². The SMILES string of the molecule is COc1cc(Br)c(O)c(CNO)c1. The molecular weight excluding hydrogens is 238 g/mol. The molecule has 0 aliphatic carbocycles. The van der Waals surface area contributed by atoms with Crippen LogP contribution in [0.1, 0.15) is 5.56 Å². The Morgan fingerprint density at radius 1 is 1.54 bits per heavy atom. The molecule has 0 aliphatic heterocycles. The number of phenols is 1. The molecule has 4 nitrogen and oxygen atoms in total. The minimum Gasteiger partial charge on any atom is -0.506 e. The van der Waals surface area contributed by atoms with Gasteiger partial charge in [0.1, 0.15) is 11.5 Å². The maximum absolute atomic E-state index is 9.50. The first-order valence-corrected chi connectivity index (χ1v) is 4.40. The normalized spacial score (nSPS) is 10.1. The second kappa shape index (κ2) is 4.45. The predicted octanol–water partition coefficient (Wildman–Crippen LogP) is 1.64. The van der Waals surface area contributed by atoms with Gasteiger partial charge in [-0.05, 0) is 28.1 Å². The summed E-state index contributed by atoms with van der Waals surface area (Å²) in [5, 5.41) is 18.0. The molecular formula is C8H10BrNO3. The van der Waals surface area contributed by atoms with Crippen molar-refractivity contribution in [2.75, 3.05) is 7.11 Å². The Hall–Kier alpha value is -0.780. The van der Waals surface area contributed by atoms with Gasteiger partial charge in [0.2, 0.25) is 0 Å². The lowest BCUT2D eigenvalue weighted by atomic mass is 10.2. The number of rotatable bonds is 3. The van der Waals surface area contributed by atoms with Crippen molar-refractivity contribution < 1.29 is 15.1 Å². The highest BCUT2D eigenvalue weighted by atomic mass is 79.9. The fraction of sp³-hybridized carbons (Fsp3) is 0.250. The van der Waals surface area contributed by atoms with E-state index in [0.29, 0.717) is 15.8 Å². The van der Waals surface area contributed by atoms with Gasteiger partial charge >= 0.3 is 0 Å². The molecule has 0 saturated carbocycles. The monoisotopic (exact) mass is 247 g/mol. The third-order valence-corrected chi connectivity index (χ3v) is 2.23. The maximum Gasteiger partial charge on any atom is 0.134 e. The third-order valence-electron chi connectivity index (χ3n) is 1.62. The van der Waals surface area contributed by atoms with E-state index < -0.39 is 0 Å². The van der Waals surface area contributed by atoms with Gasteiger partial charge in [-0.25, -0.2) is 5.48 Å². The Kier molecular flexibility index (Phi) is 3.53.